The lowest BCUT2D eigenvalue weighted by atomic mass is 9.94. The number of likely N-dealkylation sites (tertiary alicyclic amines) is 1. The van der Waals surface area contributed by atoms with Crippen molar-refractivity contribution in [2.24, 2.45) is 0 Å². The van der Waals surface area contributed by atoms with E-state index in [1.165, 1.54) is 4.90 Å². The Kier molecular flexibility index (Phi) is 7.74. The van der Waals surface area contributed by atoms with E-state index in [0.29, 0.717) is 36.4 Å². The first-order valence-corrected chi connectivity index (χ1v) is 11.3. The molecule has 0 saturated carbocycles. The van der Waals surface area contributed by atoms with Crippen LogP contribution in [0.3, 0.4) is 0 Å². The second-order valence-corrected chi connectivity index (χ2v) is 8.90. The van der Waals surface area contributed by atoms with E-state index in [4.69, 9.17) is 9.47 Å². The van der Waals surface area contributed by atoms with Gasteiger partial charge in [0.2, 0.25) is 0 Å². The van der Waals surface area contributed by atoms with Gasteiger partial charge in [0.1, 0.15) is 11.5 Å². The number of carbonyl (C=O) groups is 2. The molecule has 0 bridgehead atoms. The predicted molar refractivity (Wildman–Crippen MR) is 127 cm³/mol. The van der Waals surface area contributed by atoms with E-state index >= 15 is 0 Å². The van der Waals surface area contributed by atoms with Crippen molar-refractivity contribution < 1.29 is 24.2 Å². The Bertz CT molecular complexity index is 1050. The van der Waals surface area contributed by atoms with Gasteiger partial charge in [0.05, 0.1) is 17.7 Å². The van der Waals surface area contributed by atoms with Crippen LogP contribution < -0.4 is 4.74 Å². The second-order valence-electron chi connectivity index (χ2n) is 8.04. The quantitative estimate of drug-likeness (QED) is 0.238. The van der Waals surface area contributed by atoms with Crippen molar-refractivity contribution in [2.45, 2.75) is 39.3 Å². The van der Waals surface area contributed by atoms with E-state index in [-0.39, 0.29) is 17.4 Å². The summed E-state index contributed by atoms with van der Waals surface area (Å²) in [6, 6.07) is 11.9. The zero-order valence-corrected chi connectivity index (χ0v) is 20.3. The number of ether oxygens (including phenoxy) is 2. The molecule has 2 aromatic rings. The summed E-state index contributed by atoms with van der Waals surface area (Å²) in [7, 11) is 1.59. The summed E-state index contributed by atoms with van der Waals surface area (Å²) in [4.78, 5) is 27.6. The van der Waals surface area contributed by atoms with Gasteiger partial charge in [-0.2, -0.15) is 0 Å². The normalized spacial score (nSPS) is 17.9. The van der Waals surface area contributed by atoms with Crippen LogP contribution in [0.15, 0.2) is 52.5 Å². The van der Waals surface area contributed by atoms with E-state index in [0.717, 1.165) is 10.0 Å². The van der Waals surface area contributed by atoms with Gasteiger partial charge in [0.15, 0.2) is 0 Å². The number of benzene rings is 2. The van der Waals surface area contributed by atoms with Crippen LogP contribution in [0.2, 0.25) is 0 Å². The zero-order valence-electron chi connectivity index (χ0n) is 18.7. The summed E-state index contributed by atoms with van der Waals surface area (Å²) < 4.78 is 11.8. The van der Waals surface area contributed by atoms with Crippen molar-refractivity contribution in [3.05, 3.63) is 69.2 Å². The van der Waals surface area contributed by atoms with Crippen molar-refractivity contribution in [3.8, 4) is 5.75 Å². The molecule has 1 N–H and O–H groups in total. The molecule has 32 heavy (non-hydrogen) atoms. The Morgan fingerprint density at radius 1 is 1.19 bits per heavy atom. The molecule has 0 radical (unpaired) electrons. The highest BCUT2D eigenvalue weighted by Crippen LogP contribution is 2.40. The highest BCUT2D eigenvalue weighted by atomic mass is 79.9. The number of aryl methyl sites for hydroxylation is 1. The Labute approximate surface area is 197 Å². The maximum absolute atomic E-state index is 13.1. The number of rotatable bonds is 8. The molecule has 1 unspecified atom stereocenters. The van der Waals surface area contributed by atoms with Crippen LogP contribution in [0.1, 0.15) is 43.0 Å². The molecular weight excluding hydrogens is 474 g/mol. The van der Waals surface area contributed by atoms with E-state index < -0.39 is 17.7 Å². The number of nitrogens with zero attached hydrogens (tertiary/aromatic N) is 1. The molecule has 0 spiro atoms. The first-order valence-electron chi connectivity index (χ1n) is 10.5. The van der Waals surface area contributed by atoms with E-state index in [2.05, 4.69) is 15.9 Å². The molecule has 1 saturated heterocycles. The van der Waals surface area contributed by atoms with Crippen molar-refractivity contribution in [1.82, 2.24) is 4.90 Å². The van der Waals surface area contributed by atoms with Crippen molar-refractivity contribution in [2.75, 3.05) is 20.3 Å². The molecule has 0 aromatic heterocycles. The van der Waals surface area contributed by atoms with E-state index in [1.54, 1.807) is 19.2 Å². The van der Waals surface area contributed by atoms with Gasteiger partial charge in [0, 0.05) is 30.3 Å². The first kappa shape index (κ1) is 24.0. The summed E-state index contributed by atoms with van der Waals surface area (Å²) in [6.07, 6.45) is 0.545. The number of halogens is 1. The molecule has 6 nitrogen and oxygen atoms in total. The van der Waals surface area contributed by atoms with E-state index in [1.807, 2.05) is 51.1 Å². The number of amides is 1. The molecule has 1 atom stereocenters. The molecule has 170 valence electrons. The third-order valence-electron chi connectivity index (χ3n) is 5.26. The molecular formula is C25H28BrNO5. The lowest BCUT2D eigenvalue weighted by molar-refractivity contribution is -0.140. The number of Topliss-reactive ketones (excluding diaryl/α,β-unsaturated/α-hetero) is 1. The lowest BCUT2D eigenvalue weighted by Gasteiger charge is -2.26. The number of hydrogen-bond donors (Lipinski definition) is 1. The van der Waals surface area contributed by atoms with Crippen LogP contribution in [0.5, 0.6) is 5.75 Å². The maximum Gasteiger partial charge on any atom is 0.295 e. The second kappa shape index (κ2) is 10.3. The Morgan fingerprint density at radius 2 is 1.94 bits per heavy atom. The smallest absolute Gasteiger partial charge is 0.295 e. The van der Waals surface area contributed by atoms with Crippen LogP contribution in [-0.2, 0) is 14.3 Å². The van der Waals surface area contributed by atoms with Gasteiger partial charge in [0.25, 0.3) is 11.7 Å². The average molecular weight is 502 g/mol. The van der Waals surface area contributed by atoms with Crippen LogP contribution in [-0.4, -0.2) is 48.1 Å². The Balaban J connectivity index is 2.14. The number of methoxy groups -OCH3 is 1. The Morgan fingerprint density at radius 3 is 2.59 bits per heavy atom. The highest BCUT2D eigenvalue weighted by molar-refractivity contribution is 9.10. The van der Waals surface area contributed by atoms with Crippen LogP contribution >= 0.6 is 15.9 Å². The summed E-state index contributed by atoms with van der Waals surface area (Å²) >= 11 is 3.45. The number of carbonyl (C=O) groups excluding carboxylic acids is 2. The standard InChI is InChI=1S/C25H28BrNO5/c1-15(2)32-19-8-5-7-17(14-19)22-21(23(28)18-9-10-20(26)16(3)13-18)24(29)25(30)27(22)11-6-12-31-4/h5,7-10,13-15,22,28H,6,11-12H2,1-4H3/b23-21-. The largest absolute Gasteiger partial charge is 0.507 e. The van der Waals surface area contributed by atoms with Gasteiger partial charge in [-0.1, -0.05) is 34.1 Å². The fourth-order valence-electron chi connectivity index (χ4n) is 3.81. The first-order chi connectivity index (χ1) is 15.2. The number of aliphatic hydroxyl groups is 1. The molecule has 7 heteroatoms. The molecule has 3 rings (SSSR count). The summed E-state index contributed by atoms with van der Waals surface area (Å²) in [5.41, 5.74) is 2.18. The minimum absolute atomic E-state index is 0.0240. The van der Waals surface area contributed by atoms with Crippen LogP contribution in [0.25, 0.3) is 5.76 Å². The fourth-order valence-corrected chi connectivity index (χ4v) is 4.06. The van der Waals surface area contributed by atoms with Gasteiger partial charge >= 0.3 is 0 Å². The van der Waals surface area contributed by atoms with Gasteiger partial charge in [-0.05, 0) is 62.6 Å². The van der Waals surface area contributed by atoms with E-state index in [9.17, 15) is 14.7 Å². The van der Waals surface area contributed by atoms with Crippen molar-refractivity contribution >= 4 is 33.4 Å². The SMILES string of the molecule is COCCCN1C(=O)C(=O)/C(=C(\O)c2ccc(Br)c(C)c2)C1c1cccc(OC(C)C)c1. The highest BCUT2D eigenvalue weighted by Gasteiger charge is 2.45. The maximum atomic E-state index is 13.1. The topological polar surface area (TPSA) is 76.1 Å². The molecule has 1 aliphatic heterocycles. The lowest BCUT2D eigenvalue weighted by Crippen LogP contribution is -2.31. The van der Waals surface area contributed by atoms with Gasteiger partial charge in [-0.15, -0.1) is 0 Å². The van der Waals surface area contributed by atoms with Crippen molar-refractivity contribution in [3.63, 3.8) is 0 Å². The van der Waals surface area contributed by atoms with Gasteiger partial charge in [-0.25, -0.2) is 0 Å². The monoisotopic (exact) mass is 501 g/mol. The summed E-state index contributed by atoms with van der Waals surface area (Å²) in [6.45, 7) is 6.54. The third-order valence-corrected chi connectivity index (χ3v) is 6.15. The Hall–Kier alpha value is -2.64. The molecule has 1 fully saturated rings. The molecule has 2 aromatic carbocycles. The molecule has 1 heterocycles. The zero-order chi connectivity index (χ0) is 23.4. The minimum atomic E-state index is -0.716. The van der Waals surface area contributed by atoms with Crippen LogP contribution in [0, 0.1) is 6.92 Å². The number of aliphatic hydroxyl groups excluding tert-OH is 1. The summed E-state index contributed by atoms with van der Waals surface area (Å²) in [5, 5.41) is 11.2. The number of ketones is 1. The minimum Gasteiger partial charge on any atom is -0.507 e. The number of hydrogen-bond acceptors (Lipinski definition) is 5. The fraction of sp³-hybridized carbons (Fsp3) is 0.360. The predicted octanol–water partition coefficient (Wildman–Crippen LogP) is 5.00. The average Bonchev–Trinajstić information content (AvgIpc) is 3.00. The van der Waals surface area contributed by atoms with Gasteiger partial charge < -0.3 is 19.5 Å². The van der Waals surface area contributed by atoms with Gasteiger partial charge in [-0.3, -0.25) is 9.59 Å². The third kappa shape index (κ3) is 5.05. The molecule has 0 aliphatic carbocycles. The van der Waals surface area contributed by atoms with Crippen LogP contribution in [0.4, 0.5) is 0 Å². The van der Waals surface area contributed by atoms with Crippen molar-refractivity contribution in [1.29, 1.82) is 0 Å². The molecule has 1 amide bonds. The molecule has 1 aliphatic rings. The summed E-state index contributed by atoms with van der Waals surface area (Å²) in [5.74, 6) is -0.870.